The van der Waals surface area contributed by atoms with Crippen LogP contribution in [0.15, 0.2) is 24.3 Å². The predicted molar refractivity (Wildman–Crippen MR) is 204 cm³/mol. The Kier molecular flexibility index (Phi) is 34.6. The fraction of sp³-hybridized carbons (Fsp3) is 0.872. The molecule has 0 heterocycles. The number of hydrogen-bond acceptors (Lipinski definition) is 7. The van der Waals surface area contributed by atoms with E-state index in [1.165, 1.54) is 103 Å². The van der Waals surface area contributed by atoms with Crippen LogP contribution in [-0.4, -0.2) is 59.0 Å². The molecule has 0 spiro atoms. The summed E-state index contributed by atoms with van der Waals surface area (Å²) in [5.41, 5.74) is 5.35. The van der Waals surface area contributed by atoms with Gasteiger partial charge in [-0.15, -0.1) is 0 Å². The number of nitrogens with one attached hydrogen (secondary N) is 1. The van der Waals surface area contributed by atoms with E-state index in [2.05, 4.69) is 31.3 Å². The zero-order valence-corrected chi connectivity index (χ0v) is 32.4. The summed E-state index contributed by atoms with van der Waals surface area (Å²) in [5.74, 6) is -0.452. The maximum Gasteiger partial charge on any atom is 0.472 e. The summed E-state index contributed by atoms with van der Waals surface area (Å²) in [5, 5.41) is 23.9. The monoisotopic (exact) mass is 717 g/mol. The van der Waals surface area contributed by atoms with Crippen LogP contribution in [0.25, 0.3) is 0 Å². The van der Waals surface area contributed by atoms with Gasteiger partial charge >= 0.3 is 7.82 Å². The molecule has 0 aliphatic heterocycles. The van der Waals surface area contributed by atoms with Crippen molar-refractivity contribution in [2.24, 2.45) is 5.73 Å². The molecule has 0 bridgehead atoms. The van der Waals surface area contributed by atoms with Crippen molar-refractivity contribution in [2.45, 2.75) is 199 Å². The topological polar surface area (TPSA) is 151 Å². The summed E-state index contributed by atoms with van der Waals surface area (Å²) < 4.78 is 22.0. The van der Waals surface area contributed by atoms with Crippen molar-refractivity contribution in [3.63, 3.8) is 0 Å². The highest BCUT2D eigenvalue weighted by atomic mass is 31.2. The van der Waals surface area contributed by atoms with Crippen molar-refractivity contribution in [3.8, 4) is 0 Å². The molecule has 1 amide bonds. The molecular formula is C39H77N2O7P. The molecule has 0 saturated carbocycles. The van der Waals surface area contributed by atoms with E-state index in [0.717, 1.165) is 51.4 Å². The molecule has 0 aliphatic rings. The lowest BCUT2D eigenvalue weighted by molar-refractivity contribution is -0.124. The second kappa shape index (κ2) is 35.3. The Balaban J connectivity index is 4.42. The Morgan fingerprint density at radius 2 is 1.14 bits per heavy atom. The summed E-state index contributed by atoms with van der Waals surface area (Å²) in [4.78, 5) is 22.7. The molecule has 0 aliphatic carbocycles. The lowest BCUT2D eigenvalue weighted by Gasteiger charge is -2.24. The quantitative estimate of drug-likeness (QED) is 0.0242. The van der Waals surface area contributed by atoms with Crippen molar-refractivity contribution >= 4 is 13.7 Å². The SMILES string of the molecule is CCCCCC/C=C\CCCCCCCC(O)CC(=O)NC(COP(=O)(O)OCCN)C(O)/C=C/CCCCCCCCCCCCCC. The van der Waals surface area contributed by atoms with Crippen LogP contribution in [0.1, 0.15) is 181 Å². The average molecular weight is 717 g/mol. The number of carbonyl (C=O) groups is 1. The summed E-state index contributed by atoms with van der Waals surface area (Å²) in [7, 11) is -4.39. The maximum absolute atomic E-state index is 12.8. The van der Waals surface area contributed by atoms with Gasteiger partial charge in [0, 0.05) is 6.54 Å². The molecule has 290 valence electrons. The number of amides is 1. The predicted octanol–water partition coefficient (Wildman–Crippen LogP) is 9.58. The minimum Gasteiger partial charge on any atom is -0.393 e. The number of aliphatic hydroxyl groups excluding tert-OH is 2. The van der Waals surface area contributed by atoms with E-state index in [4.69, 9.17) is 14.8 Å². The van der Waals surface area contributed by atoms with Crippen LogP contribution < -0.4 is 11.1 Å². The Bertz CT molecular complexity index is 842. The molecule has 0 fully saturated rings. The van der Waals surface area contributed by atoms with Gasteiger partial charge in [0.05, 0.1) is 37.9 Å². The standard InChI is InChI=1S/C39H77N2O7P/c1-3-5-7-9-11-13-15-17-19-21-23-25-27-29-31-38(43)37(35-48-49(45,46)47-33-32-40)41-39(44)34-36(42)30-28-26-24-22-20-18-16-14-12-10-8-6-4-2/h14,16,29,31,36-38,42-43H,3-13,15,17-28,30,32-35,40H2,1-2H3,(H,41,44)(H,45,46)/b16-14-,31-29+. The minimum absolute atomic E-state index is 0.0487. The van der Waals surface area contributed by atoms with Gasteiger partial charge in [0.15, 0.2) is 0 Å². The van der Waals surface area contributed by atoms with Gasteiger partial charge in [-0.2, -0.15) is 0 Å². The van der Waals surface area contributed by atoms with Gasteiger partial charge in [0.1, 0.15) is 0 Å². The summed E-state index contributed by atoms with van der Waals surface area (Å²) >= 11 is 0. The number of carbonyl (C=O) groups excluding carboxylic acids is 1. The number of nitrogens with two attached hydrogens (primary N) is 1. The Morgan fingerprint density at radius 3 is 1.65 bits per heavy atom. The van der Waals surface area contributed by atoms with Crippen LogP contribution in [0.3, 0.4) is 0 Å². The van der Waals surface area contributed by atoms with Gasteiger partial charge in [0.2, 0.25) is 5.91 Å². The number of phosphoric acid groups is 1. The van der Waals surface area contributed by atoms with E-state index in [9.17, 15) is 24.5 Å². The van der Waals surface area contributed by atoms with Gasteiger partial charge in [-0.1, -0.05) is 154 Å². The molecule has 6 N–H and O–H groups in total. The van der Waals surface area contributed by atoms with Crippen molar-refractivity contribution in [2.75, 3.05) is 19.8 Å². The van der Waals surface area contributed by atoms with E-state index in [1.54, 1.807) is 6.08 Å². The summed E-state index contributed by atoms with van der Waals surface area (Å²) in [6, 6.07) is -0.981. The second-order valence-electron chi connectivity index (χ2n) is 13.7. The van der Waals surface area contributed by atoms with Crippen LogP contribution in [0, 0.1) is 0 Å². The van der Waals surface area contributed by atoms with Crippen molar-refractivity contribution in [3.05, 3.63) is 24.3 Å². The first-order valence-electron chi connectivity index (χ1n) is 20.0. The van der Waals surface area contributed by atoms with E-state index < -0.39 is 38.6 Å². The zero-order valence-electron chi connectivity index (χ0n) is 31.5. The molecule has 49 heavy (non-hydrogen) atoms. The highest BCUT2D eigenvalue weighted by molar-refractivity contribution is 7.47. The molecule has 9 nitrogen and oxygen atoms in total. The van der Waals surface area contributed by atoms with Crippen molar-refractivity contribution < 1.29 is 33.5 Å². The van der Waals surface area contributed by atoms with Crippen LogP contribution in [0.5, 0.6) is 0 Å². The van der Waals surface area contributed by atoms with Crippen molar-refractivity contribution in [1.29, 1.82) is 0 Å². The molecule has 0 aromatic carbocycles. The fourth-order valence-electron chi connectivity index (χ4n) is 5.76. The van der Waals surface area contributed by atoms with E-state index in [-0.39, 0.29) is 19.6 Å². The summed E-state index contributed by atoms with van der Waals surface area (Å²) in [6.45, 7) is 3.94. The van der Waals surface area contributed by atoms with E-state index in [1.807, 2.05) is 6.08 Å². The molecule has 4 unspecified atom stereocenters. The first-order valence-corrected chi connectivity index (χ1v) is 21.5. The molecule has 4 atom stereocenters. The molecule has 0 rings (SSSR count). The van der Waals surface area contributed by atoms with Crippen LogP contribution >= 0.6 is 7.82 Å². The number of phosphoric ester groups is 1. The van der Waals surface area contributed by atoms with Crippen LogP contribution in [0.2, 0.25) is 0 Å². The van der Waals surface area contributed by atoms with Gasteiger partial charge in [-0.05, 0) is 44.9 Å². The number of hydrogen-bond donors (Lipinski definition) is 5. The lowest BCUT2D eigenvalue weighted by Crippen LogP contribution is -2.46. The highest BCUT2D eigenvalue weighted by Crippen LogP contribution is 2.43. The van der Waals surface area contributed by atoms with Gasteiger partial charge in [0.25, 0.3) is 0 Å². The smallest absolute Gasteiger partial charge is 0.393 e. The zero-order chi connectivity index (χ0) is 36.3. The Hall–Kier alpha value is -1.06. The lowest BCUT2D eigenvalue weighted by atomic mass is 10.0. The Morgan fingerprint density at radius 1 is 0.694 bits per heavy atom. The number of unbranched alkanes of at least 4 members (excludes halogenated alkanes) is 21. The molecule has 0 aromatic heterocycles. The number of rotatable bonds is 37. The summed E-state index contributed by atoms with van der Waals surface area (Å²) in [6.07, 6.45) is 35.4. The largest absolute Gasteiger partial charge is 0.472 e. The van der Waals surface area contributed by atoms with Gasteiger partial charge in [-0.25, -0.2) is 4.57 Å². The second-order valence-corrected chi connectivity index (χ2v) is 15.1. The first-order chi connectivity index (χ1) is 23.8. The number of aliphatic hydroxyl groups is 2. The molecular weight excluding hydrogens is 639 g/mol. The molecule has 10 heteroatoms. The van der Waals surface area contributed by atoms with Crippen LogP contribution in [0.4, 0.5) is 0 Å². The third-order valence-electron chi connectivity index (χ3n) is 8.83. The molecule has 0 aromatic rings. The molecule has 0 radical (unpaired) electrons. The van der Waals surface area contributed by atoms with Crippen LogP contribution in [-0.2, 0) is 18.4 Å². The maximum atomic E-state index is 12.8. The highest BCUT2D eigenvalue weighted by Gasteiger charge is 2.27. The fourth-order valence-corrected chi connectivity index (χ4v) is 6.52. The third-order valence-corrected chi connectivity index (χ3v) is 9.81. The third kappa shape index (κ3) is 33.8. The first kappa shape index (κ1) is 47.9. The normalized spacial score (nSPS) is 15.1. The van der Waals surface area contributed by atoms with E-state index >= 15 is 0 Å². The minimum atomic E-state index is -4.39. The van der Waals surface area contributed by atoms with E-state index in [0.29, 0.717) is 6.42 Å². The number of allylic oxidation sites excluding steroid dienone is 3. The molecule has 0 saturated heterocycles. The average Bonchev–Trinajstić information content (AvgIpc) is 3.07. The van der Waals surface area contributed by atoms with Gasteiger partial charge in [-0.3, -0.25) is 13.8 Å². The Labute approximate surface area is 300 Å². The van der Waals surface area contributed by atoms with Gasteiger partial charge < -0.3 is 26.2 Å². The van der Waals surface area contributed by atoms with Crippen molar-refractivity contribution in [1.82, 2.24) is 5.32 Å².